The lowest BCUT2D eigenvalue weighted by Gasteiger charge is -2.09. The van der Waals surface area contributed by atoms with Crippen LogP contribution in [0.2, 0.25) is 0 Å². The quantitative estimate of drug-likeness (QED) is 0.804. The summed E-state index contributed by atoms with van der Waals surface area (Å²) < 4.78 is 5.33. The standard InChI is InChI=1S/C18H20N2O3/c1-3-23-15-10-8-14(9-11-15)19-17(21)12-18(22)20-16-7-5-4-6-13(16)2/h4-11H,3,12H2,1-2H3,(H,19,21)(H,20,22). The fourth-order valence-electron chi connectivity index (χ4n) is 2.06. The number of hydrogen-bond donors (Lipinski definition) is 2. The number of anilines is 2. The van der Waals surface area contributed by atoms with Gasteiger partial charge in [-0.2, -0.15) is 0 Å². The van der Waals surface area contributed by atoms with E-state index in [4.69, 9.17) is 4.74 Å². The van der Waals surface area contributed by atoms with Crippen molar-refractivity contribution in [3.63, 3.8) is 0 Å². The number of benzene rings is 2. The summed E-state index contributed by atoms with van der Waals surface area (Å²) in [5.74, 6) is 0.0331. The summed E-state index contributed by atoms with van der Waals surface area (Å²) in [6.07, 6.45) is -0.235. The second-order valence-electron chi connectivity index (χ2n) is 5.05. The van der Waals surface area contributed by atoms with E-state index in [9.17, 15) is 9.59 Å². The fraction of sp³-hybridized carbons (Fsp3) is 0.222. The third-order valence-corrected chi connectivity index (χ3v) is 3.19. The monoisotopic (exact) mass is 312 g/mol. The summed E-state index contributed by atoms with van der Waals surface area (Å²) in [5, 5.41) is 5.42. The van der Waals surface area contributed by atoms with Crippen molar-refractivity contribution in [1.82, 2.24) is 0 Å². The lowest BCUT2D eigenvalue weighted by atomic mass is 10.2. The van der Waals surface area contributed by atoms with E-state index in [2.05, 4.69) is 10.6 Å². The first-order valence-corrected chi connectivity index (χ1v) is 7.46. The molecular weight excluding hydrogens is 292 g/mol. The Hall–Kier alpha value is -2.82. The van der Waals surface area contributed by atoms with Gasteiger partial charge >= 0.3 is 0 Å². The molecule has 0 spiro atoms. The third kappa shape index (κ3) is 5.14. The van der Waals surface area contributed by atoms with E-state index in [1.54, 1.807) is 30.3 Å². The highest BCUT2D eigenvalue weighted by molar-refractivity contribution is 6.08. The van der Waals surface area contributed by atoms with E-state index in [-0.39, 0.29) is 18.2 Å². The number of rotatable bonds is 6. The zero-order chi connectivity index (χ0) is 16.7. The Balaban J connectivity index is 1.86. The summed E-state index contributed by atoms with van der Waals surface area (Å²) in [4.78, 5) is 23.8. The van der Waals surface area contributed by atoms with Gasteiger partial charge in [0.05, 0.1) is 6.61 Å². The number of carbonyl (C=O) groups excluding carboxylic acids is 2. The van der Waals surface area contributed by atoms with Gasteiger partial charge in [0.25, 0.3) is 0 Å². The van der Waals surface area contributed by atoms with E-state index in [0.29, 0.717) is 18.0 Å². The molecule has 0 saturated heterocycles. The molecule has 0 aromatic heterocycles. The van der Waals surface area contributed by atoms with Gasteiger partial charge in [0, 0.05) is 11.4 Å². The van der Waals surface area contributed by atoms with Crippen LogP contribution in [-0.4, -0.2) is 18.4 Å². The third-order valence-electron chi connectivity index (χ3n) is 3.19. The zero-order valence-electron chi connectivity index (χ0n) is 13.3. The molecule has 0 aliphatic rings. The van der Waals surface area contributed by atoms with Crippen LogP contribution in [-0.2, 0) is 9.59 Å². The molecule has 0 unspecified atom stereocenters. The molecule has 2 aromatic carbocycles. The van der Waals surface area contributed by atoms with Gasteiger partial charge in [-0.05, 0) is 49.7 Å². The Labute approximate surface area is 135 Å². The highest BCUT2D eigenvalue weighted by Gasteiger charge is 2.11. The number of para-hydroxylation sites is 1. The van der Waals surface area contributed by atoms with Crippen molar-refractivity contribution in [3.05, 3.63) is 54.1 Å². The highest BCUT2D eigenvalue weighted by atomic mass is 16.5. The van der Waals surface area contributed by atoms with Crippen LogP contribution in [0.25, 0.3) is 0 Å². The molecule has 0 heterocycles. The van der Waals surface area contributed by atoms with Gasteiger partial charge in [-0.25, -0.2) is 0 Å². The molecule has 2 rings (SSSR count). The van der Waals surface area contributed by atoms with Gasteiger partial charge in [-0.1, -0.05) is 18.2 Å². The highest BCUT2D eigenvalue weighted by Crippen LogP contribution is 2.16. The maximum atomic E-state index is 11.9. The van der Waals surface area contributed by atoms with Gasteiger partial charge < -0.3 is 15.4 Å². The Morgan fingerprint density at radius 2 is 1.61 bits per heavy atom. The minimum absolute atomic E-state index is 0.235. The number of ether oxygens (including phenoxy) is 1. The molecule has 5 heteroatoms. The smallest absolute Gasteiger partial charge is 0.233 e. The summed E-state index contributed by atoms with van der Waals surface area (Å²) >= 11 is 0. The minimum atomic E-state index is -0.361. The van der Waals surface area contributed by atoms with Crippen LogP contribution >= 0.6 is 0 Å². The Morgan fingerprint density at radius 3 is 2.26 bits per heavy atom. The van der Waals surface area contributed by atoms with Crippen LogP contribution in [0.4, 0.5) is 11.4 Å². The van der Waals surface area contributed by atoms with Crippen molar-refractivity contribution in [2.75, 3.05) is 17.2 Å². The van der Waals surface area contributed by atoms with Crippen molar-refractivity contribution >= 4 is 23.2 Å². The fourth-order valence-corrected chi connectivity index (χ4v) is 2.06. The molecule has 0 bridgehead atoms. The molecule has 2 aromatic rings. The largest absolute Gasteiger partial charge is 0.494 e. The normalized spacial score (nSPS) is 10.0. The molecule has 5 nitrogen and oxygen atoms in total. The number of hydrogen-bond acceptors (Lipinski definition) is 3. The molecule has 0 atom stereocenters. The van der Waals surface area contributed by atoms with Crippen molar-refractivity contribution in [2.45, 2.75) is 20.3 Å². The molecule has 2 N–H and O–H groups in total. The summed E-state index contributed by atoms with van der Waals surface area (Å²) in [6.45, 7) is 4.39. The van der Waals surface area contributed by atoms with Gasteiger partial charge in [-0.15, -0.1) is 0 Å². The van der Waals surface area contributed by atoms with Crippen LogP contribution in [0.1, 0.15) is 18.9 Å². The van der Waals surface area contributed by atoms with E-state index < -0.39 is 0 Å². The Morgan fingerprint density at radius 1 is 0.957 bits per heavy atom. The van der Waals surface area contributed by atoms with E-state index in [1.165, 1.54) is 0 Å². The molecule has 0 aliphatic heterocycles. The average molecular weight is 312 g/mol. The first-order valence-electron chi connectivity index (χ1n) is 7.46. The molecule has 2 amide bonds. The number of amides is 2. The predicted molar refractivity (Wildman–Crippen MR) is 90.7 cm³/mol. The molecular formula is C18H20N2O3. The van der Waals surface area contributed by atoms with Crippen LogP contribution in [0.3, 0.4) is 0 Å². The first kappa shape index (κ1) is 16.5. The molecule has 120 valence electrons. The van der Waals surface area contributed by atoms with Gasteiger partial charge in [0.1, 0.15) is 12.2 Å². The van der Waals surface area contributed by atoms with Gasteiger partial charge in [0.2, 0.25) is 11.8 Å². The number of aryl methyl sites for hydroxylation is 1. The number of carbonyl (C=O) groups is 2. The lowest BCUT2D eigenvalue weighted by molar-refractivity contribution is -0.123. The topological polar surface area (TPSA) is 67.4 Å². The predicted octanol–water partition coefficient (Wildman–Crippen LogP) is 3.36. The van der Waals surface area contributed by atoms with E-state index >= 15 is 0 Å². The van der Waals surface area contributed by atoms with Crippen LogP contribution in [0, 0.1) is 6.92 Å². The zero-order valence-corrected chi connectivity index (χ0v) is 13.3. The molecule has 0 aliphatic carbocycles. The Kier molecular flexibility index (Phi) is 5.74. The van der Waals surface area contributed by atoms with Gasteiger partial charge in [0.15, 0.2) is 0 Å². The van der Waals surface area contributed by atoms with Crippen molar-refractivity contribution in [3.8, 4) is 5.75 Å². The first-order chi connectivity index (χ1) is 11.1. The van der Waals surface area contributed by atoms with E-state index in [1.807, 2.05) is 32.0 Å². The number of nitrogens with one attached hydrogen (secondary N) is 2. The average Bonchev–Trinajstić information content (AvgIpc) is 2.51. The van der Waals surface area contributed by atoms with E-state index in [0.717, 1.165) is 11.3 Å². The van der Waals surface area contributed by atoms with Crippen LogP contribution in [0.5, 0.6) is 5.75 Å². The maximum Gasteiger partial charge on any atom is 0.233 e. The lowest BCUT2D eigenvalue weighted by Crippen LogP contribution is -2.21. The van der Waals surface area contributed by atoms with Crippen molar-refractivity contribution < 1.29 is 14.3 Å². The molecule has 23 heavy (non-hydrogen) atoms. The van der Waals surface area contributed by atoms with Gasteiger partial charge in [-0.3, -0.25) is 9.59 Å². The second kappa shape index (κ2) is 7.98. The van der Waals surface area contributed by atoms with Crippen LogP contribution < -0.4 is 15.4 Å². The minimum Gasteiger partial charge on any atom is -0.494 e. The second-order valence-corrected chi connectivity index (χ2v) is 5.05. The summed E-state index contributed by atoms with van der Waals surface area (Å²) in [6, 6.07) is 14.4. The van der Waals surface area contributed by atoms with Crippen LogP contribution in [0.15, 0.2) is 48.5 Å². The maximum absolute atomic E-state index is 11.9. The Bertz CT molecular complexity index is 681. The van der Waals surface area contributed by atoms with Crippen molar-refractivity contribution in [2.24, 2.45) is 0 Å². The summed E-state index contributed by atoms with van der Waals surface area (Å²) in [7, 11) is 0. The summed E-state index contributed by atoms with van der Waals surface area (Å²) in [5.41, 5.74) is 2.29. The molecule has 0 radical (unpaired) electrons. The van der Waals surface area contributed by atoms with Crippen molar-refractivity contribution in [1.29, 1.82) is 0 Å². The molecule has 0 fully saturated rings. The molecule has 0 saturated carbocycles. The SMILES string of the molecule is CCOc1ccc(NC(=O)CC(=O)Nc2ccccc2C)cc1.